The largest absolute Gasteiger partial charge is 0.355 e. The van der Waals surface area contributed by atoms with Crippen molar-refractivity contribution in [3.8, 4) is 0 Å². The summed E-state index contributed by atoms with van der Waals surface area (Å²) < 4.78 is 28.9. The van der Waals surface area contributed by atoms with Gasteiger partial charge in [0.05, 0.1) is 5.56 Å². The minimum absolute atomic E-state index is 0.00444. The van der Waals surface area contributed by atoms with E-state index in [9.17, 15) is 13.6 Å². The van der Waals surface area contributed by atoms with Crippen LogP contribution >= 0.6 is 0 Å². The summed E-state index contributed by atoms with van der Waals surface area (Å²) in [5, 5.41) is 2.73. The van der Waals surface area contributed by atoms with Gasteiger partial charge in [0.15, 0.2) is 0 Å². The van der Waals surface area contributed by atoms with E-state index in [4.69, 9.17) is 0 Å². The molecule has 1 aliphatic carbocycles. The minimum atomic E-state index is -0.663. The molecule has 0 unspecified atom stereocenters. The molecular weight excluding hydrogens is 398 g/mol. The van der Waals surface area contributed by atoms with Gasteiger partial charge in [-0.25, -0.2) is 8.78 Å². The van der Waals surface area contributed by atoms with E-state index < -0.39 is 11.6 Å². The lowest BCUT2D eigenvalue weighted by molar-refractivity contribution is 0.0950. The van der Waals surface area contributed by atoms with Crippen LogP contribution in [0.4, 0.5) is 14.6 Å². The van der Waals surface area contributed by atoms with Gasteiger partial charge in [-0.1, -0.05) is 6.07 Å². The first-order valence-electron chi connectivity index (χ1n) is 10.9. The zero-order valence-corrected chi connectivity index (χ0v) is 17.4. The summed E-state index contributed by atoms with van der Waals surface area (Å²) in [7, 11) is 0. The van der Waals surface area contributed by atoms with Crippen molar-refractivity contribution in [2.75, 3.05) is 37.6 Å². The maximum Gasteiger partial charge on any atom is 0.253 e. The van der Waals surface area contributed by atoms with Gasteiger partial charge in [-0.2, -0.15) is 0 Å². The van der Waals surface area contributed by atoms with Crippen molar-refractivity contribution in [2.24, 2.45) is 5.92 Å². The van der Waals surface area contributed by atoms with Gasteiger partial charge in [0, 0.05) is 62.6 Å². The van der Waals surface area contributed by atoms with Crippen molar-refractivity contribution in [3.05, 3.63) is 71.4 Å². The van der Waals surface area contributed by atoms with Gasteiger partial charge in [-0.05, 0) is 49.1 Å². The first-order chi connectivity index (χ1) is 15.1. The monoisotopic (exact) mass is 424 g/mol. The quantitative estimate of drug-likeness (QED) is 0.656. The fourth-order valence-electron chi connectivity index (χ4n) is 4.25. The summed E-state index contributed by atoms with van der Waals surface area (Å²) in [5.74, 6) is 0.403. The molecule has 1 amide bonds. The number of amides is 1. The molecule has 5 nitrogen and oxygen atoms in total. The van der Waals surface area contributed by atoms with Crippen LogP contribution < -0.4 is 10.2 Å². The highest BCUT2D eigenvalue weighted by atomic mass is 19.1. The third kappa shape index (κ3) is 4.42. The molecule has 2 fully saturated rings. The zero-order valence-electron chi connectivity index (χ0n) is 17.4. The maximum absolute atomic E-state index is 13.8. The van der Waals surface area contributed by atoms with Crippen LogP contribution in [-0.2, 0) is 6.54 Å². The van der Waals surface area contributed by atoms with E-state index in [2.05, 4.69) is 27.2 Å². The first-order valence-corrected chi connectivity index (χ1v) is 10.9. The third-order valence-electron chi connectivity index (χ3n) is 6.26. The van der Waals surface area contributed by atoms with Crippen molar-refractivity contribution >= 4 is 17.2 Å². The topological polar surface area (TPSA) is 40.0 Å². The molecule has 1 saturated carbocycles. The number of hydrogen-bond donors (Lipinski definition) is 1. The number of halogens is 2. The molecule has 5 rings (SSSR count). The van der Waals surface area contributed by atoms with Crippen LogP contribution in [0.5, 0.6) is 0 Å². The lowest BCUT2D eigenvalue weighted by Gasteiger charge is -2.35. The number of nitrogens with one attached hydrogen (secondary N) is 1. The molecule has 1 aliphatic heterocycles. The van der Waals surface area contributed by atoms with Crippen molar-refractivity contribution in [2.45, 2.75) is 19.4 Å². The summed E-state index contributed by atoms with van der Waals surface area (Å²) in [6.45, 7) is 5.30. The van der Waals surface area contributed by atoms with E-state index in [0.29, 0.717) is 5.56 Å². The molecule has 3 aromatic rings. The summed E-state index contributed by atoms with van der Waals surface area (Å²) >= 11 is 0. The van der Waals surface area contributed by atoms with Crippen LogP contribution in [0.25, 0.3) is 5.52 Å². The predicted molar refractivity (Wildman–Crippen MR) is 116 cm³/mol. The molecule has 162 valence electrons. The number of carbonyl (C=O) groups is 1. The van der Waals surface area contributed by atoms with Gasteiger partial charge < -0.3 is 14.6 Å². The van der Waals surface area contributed by atoms with Crippen molar-refractivity contribution in [3.63, 3.8) is 0 Å². The predicted octanol–water partition coefficient (Wildman–Crippen LogP) is 3.68. The van der Waals surface area contributed by atoms with Crippen LogP contribution in [0.2, 0.25) is 0 Å². The lowest BCUT2D eigenvalue weighted by Crippen LogP contribution is -2.47. The van der Waals surface area contributed by atoms with Gasteiger partial charge in [0.1, 0.15) is 17.5 Å². The van der Waals surface area contributed by atoms with E-state index >= 15 is 0 Å². The number of pyridine rings is 1. The van der Waals surface area contributed by atoms with Crippen molar-refractivity contribution < 1.29 is 13.6 Å². The average molecular weight is 424 g/mol. The van der Waals surface area contributed by atoms with Gasteiger partial charge in [0.25, 0.3) is 5.91 Å². The molecule has 0 radical (unpaired) electrons. The normalized spacial score (nSPS) is 17.3. The Hall–Kier alpha value is -2.93. The first kappa shape index (κ1) is 20.0. The molecule has 1 saturated heterocycles. The number of aromatic nitrogens is 1. The summed E-state index contributed by atoms with van der Waals surface area (Å²) in [4.78, 5) is 17.6. The Labute approximate surface area is 180 Å². The molecule has 1 aromatic carbocycles. The van der Waals surface area contributed by atoms with Crippen LogP contribution in [0, 0.1) is 17.6 Å². The number of carbonyl (C=O) groups excluding carboxylic acids is 1. The zero-order chi connectivity index (χ0) is 21.4. The Morgan fingerprint density at radius 2 is 1.77 bits per heavy atom. The molecule has 0 spiro atoms. The van der Waals surface area contributed by atoms with Crippen LogP contribution in [-0.4, -0.2) is 47.9 Å². The van der Waals surface area contributed by atoms with Crippen LogP contribution in [0.1, 0.15) is 28.8 Å². The van der Waals surface area contributed by atoms with Crippen LogP contribution in [0.3, 0.4) is 0 Å². The van der Waals surface area contributed by atoms with Gasteiger partial charge in [-0.15, -0.1) is 0 Å². The number of piperazine rings is 1. The molecule has 2 aliphatic rings. The number of hydrogen-bond acceptors (Lipinski definition) is 3. The second-order valence-corrected chi connectivity index (χ2v) is 8.55. The van der Waals surface area contributed by atoms with E-state index in [1.54, 1.807) is 6.07 Å². The second-order valence-electron chi connectivity index (χ2n) is 8.55. The Kier molecular flexibility index (Phi) is 5.36. The smallest absolute Gasteiger partial charge is 0.253 e. The maximum atomic E-state index is 13.8. The molecule has 31 heavy (non-hydrogen) atoms. The Balaban J connectivity index is 1.27. The standard InChI is InChI=1S/C24H26F2N4O/c25-20-5-3-18(22(26)13-20)14-27-24(31)19-4-6-21-7-8-23(30(21)16-19)29-11-9-28(10-12-29)15-17-1-2-17/h3-8,13,16-17H,1-2,9-12,14-15H2,(H,27,31). The number of nitrogens with zero attached hydrogens (tertiary/aromatic N) is 3. The highest BCUT2D eigenvalue weighted by Crippen LogP contribution is 2.30. The van der Waals surface area contributed by atoms with Crippen molar-refractivity contribution in [1.82, 2.24) is 14.6 Å². The van der Waals surface area contributed by atoms with Gasteiger partial charge in [0.2, 0.25) is 0 Å². The Morgan fingerprint density at radius 3 is 2.52 bits per heavy atom. The van der Waals surface area contributed by atoms with Gasteiger partial charge >= 0.3 is 0 Å². The van der Waals surface area contributed by atoms with E-state index in [1.165, 1.54) is 31.5 Å². The van der Waals surface area contributed by atoms with E-state index in [0.717, 1.165) is 49.5 Å². The van der Waals surface area contributed by atoms with E-state index in [-0.39, 0.29) is 18.0 Å². The Bertz CT molecular complexity index is 1100. The molecule has 1 N–H and O–H groups in total. The molecule has 3 heterocycles. The third-order valence-corrected chi connectivity index (χ3v) is 6.26. The SMILES string of the molecule is O=C(NCc1ccc(F)cc1F)c1ccc2ccc(N3CCN(CC4CC4)CC3)n2c1. The van der Waals surface area contributed by atoms with Crippen LogP contribution in [0.15, 0.2) is 48.7 Å². The summed E-state index contributed by atoms with van der Waals surface area (Å²) in [5.41, 5.74) is 1.78. The molecular formula is C24H26F2N4O. The highest BCUT2D eigenvalue weighted by Gasteiger charge is 2.27. The van der Waals surface area contributed by atoms with Gasteiger partial charge in [-0.3, -0.25) is 9.69 Å². The highest BCUT2D eigenvalue weighted by molar-refractivity contribution is 5.94. The average Bonchev–Trinajstić information content (AvgIpc) is 3.49. The lowest BCUT2D eigenvalue weighted by atomic mass is 10.2. The number of benzene rings is 1. The molecule has 0 bridgehead atoms. The van der Waals surface area contributed by atoms with E-state index in [1.807, 2.05) is 16.7 Å². The fraction of sp³-hybridized carbons (Fsp3) is 0.375. The number of rotatable bonds is 6. The second kappa shape index (κ2) is 8.30. The molecule has 0 atom stereocenters. The summed E-state index contributed by atoms with van der Waals surface area (Å²) in [6, 6.07) is 11.2. The minimum Gasteiger partial charge on any atom is -0.355 e. The Morgan fingerprint density at radius 1 is 1.00 bits per heavy atom. The number of anilines is 1. The summed E-state index contributed by atoms with van der Waals surface area (Å²) in [6.07, 6.45) is 4.59. The van der Waals surface area contributed by atoms with Crippen molar-refractivity contribution in [1.29, 1.82) is 0 Å². The fourth-order valence-corrected chi connectivity index (χ4v) is 4.25. The molecule has 7 heteroatoms. The molecule has 2 aromatic heterocycles. The number of fused-ring (bicyclic) bond motifs is 1.